The molecule has 0 unspecified atom stereocenters. The second-order valence-corrected chi connectivity index (χ2v) is 3.09. The van der Waals surface area contributed by atoms with Gasteiger partial charge in [-0.3, -0.25) is 0 Å². The molecule has 14 heavy (non-hydrogen) atoms. The van der Waals surface area contributed by atoms with Crippen molar-refractivity contribution in [2.75, 3.05) is 0 Å². The number of hydrogen-bond acceptors (Lipinski definition) is 0. The zero-order chi connectivity index (χ0) is 7.97. The predicted molar refractivity (Wildman–Crippen MR) is 58.1 cm³/mol. The van der Waals surface area contributed by atoms with Gasteiger partial charge in [0.25, 0.3) is 0 Å². The fourth-order valence-electron chi connectivity index (χ4n) is 1.84. The summed E-state index contributed by atoms with van der Waals surface area (Å²) in [7, 11) is 0. The van der Waals surface area contributed by atoms with Gasteiger partial charge in [-0.25, -0.2) is 0 Å². The van der Waals surface area contributed by atoms with E-state index in [0.717, 1.165) is 0 Å². The van der Waals surface area contributed by atoms with Gasteiger partial charge >= 0.3 is 0 Å². The van der Waals surface area contributed by atoms with Crippen LogP contribution in [0.15, 0.2) is 48.5 Å². The Morgan fingerprint density at radius 3 is 0.857 bits per heavy atom. The highest BCUT2D eigenvalue weighted by Gasteiger charge is 2.19. The van der Waals surface area contributed by atoms with E-state index in [9.17, 15) is 0 Å². The molecule has 4 N–H and O–H groups in total. The molecule has 0 heterocycles. The van der Waals surface area contributed by atoms with Gasteiger partial charge < -0.3 is 11.0 Å². The van der Waals surface area contributed by atoms with Crippen molar-refractivity contribution < 1.29 is 11.0 Å². The van der Waals surface area contributed by atoms with Gasteiger partial charge in [0, 0.05) is 0 Å². The lowest BCUT2D eigenvalue weighted by molar-refractivity contribution is 0.823. The van der Waals surface area contributed by atoms with Crippen LogP contribution in [0, 0.1) is 0 Å². The molecule has 0 fully saturated rings. The van der Waals surface area contributed by atoms with E-state index in [4.69, 9.17) is 0 Å². The van der Waals surface area contributed by atoms with E-state index in [0.29, 0.717) is 0 Å². The molecule has 0 saturated heterocycles. The molecule has 0 spiro atoms. The largest absolute Gasteiger partial charge is 0.412 e. The zero-order valence-electron chi connectivity index (χ0n) is 7.62. The highest BCUT2D eigenvalue weighted by Crippen LogP contribution is 2.46. The predicted octanol–water partition coefficient (Wildman–Crippen LogP) is 1.68. The molecule has 2 aromatic rings. The van der Waals surface area contributed by atoms with Crippen LogP contribution in [-0.2, 0) is 0 Å². The van der Waals surface area contributed by atoms with Crippen LogP contribution in [0.2, 0.25) is 0 Å². The Labute approximate surface area is 82.4 Å². The lowest BCUT2D eigenvalue weighted by Crippen LogP contribution is -1.96. The van der Waals surface area contributed by atoms with Gasteiger partial charge in [0.15, 0.2) is 0 Å². The molecule has 0 bridgehead atoms. The first-order valence-electron chi connectivity index (χ1n) is 4.15. The molecular formula is C12H12O2. The Morgan fingerprint density at radius 2 is 0.643 bits per heavy atom. The maximum absolute atomic E-state index is 2.18. The van der Waals surface area contributed by atoms with Gasteiger partial charge in [0.1, 0.15) is 0 Å². The van der Waals surface area contributed by atoms with E-state index in [1.165, 1.54) is 22.3 Å². The van der Waals surface area contributed by atoms with Crippen LogP contribution in [0.25, 0.3) is 22.3 Å². The summed E-state index contributed by atoms with van der Waals surface area (Å²) in [5.74, 6) is 0. The van der Waals surface area contributed by atoms with Crippen molar-refractivity contribution >= 4 is 0 Å². The van der Waals surface area contributed by atoms with E-state index >= 15 is 0 Å². The van der Waals surface area contributed by atoms with Gasteiger partial charge in [-0.05, 0) is 22.3 Å². The van der Waals surface area contributed by atoms with Crippen molar-refractivity contribution in [1.29, 1.82) is 0 Å². The van der Waals surface area contributed by atoms with Gasteiger partial charge in [-0.15, -0.1) is 0 Å². The molecule has 72 valence electrons. The van der Waals surface area contributed by atoms with Crippen molar-refractivity contribution in [3.63, 3.8) is 0 Å². The Kier molecular flexibility index (Phi) is 2.70. The van der Waals surface area contributed by atoms with E-state index in [-0.39, 0.29) is 11.0 Å². The second-order valence-electron chi connectivity index (χ2n) is 3.09. The molecule has 0 amide bonds. The minimum Gasteiger partial charge on any atom is -0.412 e. The monoisotopic (exact) mass is 188 g/mol. The molecule has 1 aliphatic rings. The van der Waals surface area contributed by atoms with E-state index in [1.54, 1.807) is 0 Å². The first kappa shape index (κ1) is 10.4. The first-order valence-corrected chi connectivity index (χ1v) is 4.15. The van der Waals surface area contributed by atoms with E-state index in [2.05, 4.69) is 48.5 Å². The summed E-state index contributed by atoms with van der Waals surface area (Å²) >= 11 is 0. The fourth-order valence-corrected chi connectivity index (χ4v) is 1.84. The standard InChI is InChI=1S/C12H8.2H2O/c1-2-6-10-9(5-1)11-7-3-4-8-12(10)11;;/h1-8H;2*1H2. The SMILES string of the molecule is O.O.c1ccc2c(c1)-c1ccccc1-2. The van der Waals surface area contributed by atoms with Crippen LogP contribution >= 0.6 is 0 Å². The number of benzene rings is 2. The van der Waals surface area contributed by atoms with Crippen LogP contribution in [0.1, 0.15) is 0 Å². The number of fused-ring (bicyclic) bond motifs is 4. The highest BCUT2D eigenvalue weighted by molar-refractivity contribution is 6.01. The number of rotatable bonds is 0. The van der Waals surface area contributed by atoms with Crippen molar-refractivity contribution in [3.05, 3.63) is 48.5 Å². The Balaban J connectivity index is 0.000000490. The van der Waals surface area contributed by atoms with Crippen LogP contribution in [-0.4, -0.2) is 11.0 Å². The third-order valence-corrected chi connectivity index (χ3v) is 2.43. The average molecular weight is 188 g/mol. The summed E-state index contributed by atoms with van der Waals surface area (Å²) in [6.45, 7) is 0. The summed E-state index contributed by atoms with van der Waals surface area (Å²) in [4.78, 5) is 0. The number of hydrogen-bond donors (Lipinski definition) is 0. The third-order valence-electron chi connectivity index (χ3n) is 2.43. The topological polar surface area (TPSA) is 63.0 Å². The van der Waals surface area contributed by atoms with Crippen LogP contribution in [0.3, 0.4) is 0 Å². The maximum atomic E-state index is 2.18. The van der Waals surface area contributed by atoms with Crippen molar-refractivity contribution in [2.45, 2.75) is 0 Å². The molecule has 3 rings (SSSR count). The normalized spacial score (nSPS) is 9.71. The minimum absolute atomic E-state index is 0. The molecule has 2 aromatic carbocycles. The molecule has 2 heteroatoms. The Hall–Kier alpha value is -1.64. The molecule has 0 saturated carbocycles. The van der Waals surface area contributed by atoms with Crippen molar-refractivity contribution in [2.24, 2.45) is 0 Å². The maximum Gasteiger partial charge on any atom is -0.00990 e. The fraction of sp³-hybridized carbons (Fsp3) is 0. The van der Waals surface area contributed by atoms with Gasteiger partial charge in [0.05, 0.1) is 0 Å². The smallest absolute Gasteiger partial charge is 0.00990 e. The summed E-state index contributed by atoms with van der Waals surface area (Å²) in [6, 6.07) is 17.1. The quantitative estimate of drug-likeness (QED) is 0.515. The van der Waals surface area contributed by atoms with Gasteiger partial charge in [0.2, 0.25) is 0 Å². The first-order chi connectivity index (χ1) is 5.97. The molecule has 0 aromatic heterocycles. The summed E-state index contributed by atoms with van der Waals surface area (Å²) in [5, 5.41) is 0. The second kappa shape index (κ2) is 3.62. The van der Waals surface area contributed by atoms with Crippen LogP contribution in [0.5, 0.6) is 0 Å². The summed E-state index contributed by atoms with van der Waals surface area (Å²) < 4.78 is 0. The highest BCUT2D eigenvalue weighted by atomic mass is 16.0. The van der Waals surface area contributed by atoms with E-state index < -0.39 is 0 Å². The van der Waals surface area contributed by atoms with Crippen LogP contribution in [0.4, 0.5) is 0 Å². The lowest BCUT2D eigenvalue weighted by atomic mass is 9.81. The molecular weight excluding hydrogens is 176 g/mol. The molecule has 0 radical (unpaired) electrons. The average Bonchev–Trinajstić information content (AvgIpc) is 2.14. The molecule has 0 aliphatic heterocycles. The van der Waals surface area contributed by atoms with Crippen molar-refractivity contribution in [3.8, 4) is 22.3 Å². The van der Waals surface area contributed by atoms with Gasteiger partial charge in [-0.2, -0.15) is 0 Å². The molecule has 0 atom stereocenters. The summed E-state index contributed by atoms with van der Waals surface area (Å²) in [5.41, 5.74) is 5.59. The molecule has 1 aliphatic carbocycles. The summed E-state index contributed by atoms with van der Waals surface area (Å²) in [6.07, 6.45) is 0. The van der Waals surface area contributed by atoms with E-state index in [1.807, 2.05) is 0 Å². The lowest BCUT2D eigenvalue weighted by Gasteiger charge is -2.22. The Morgan fingerprint density at radius 1 is 0.429 bits per heavy atom. The minimum atomic E-state index is 0. The Bertz CT molecular complexity index is 350. The van der Waals surface area contributed by atoms with Crippen molar-refractivity contribution in [1.82, 2.24) is 0 Å². The van der Waals surface area contributed by atoms with Gasteiger partial charge in [-0.1, -0.05) is 48.5 Å². The van der Waals surface area contributed by atoms with Crippen LogP contribution < -0.4 is 0 Å². The molecule has 2 nitrogen and oxygen atoms in total. The zero-order valence-corrected chi connectivity index (χ0v) is 7.62. The third kappa shape index (κ3) is 1.13.